The number of halogens is 2. The van der Waals surface area contributed by atoms with E-state index >= 15 is 0 Å². The molecular weight excluding hydrogens is 423 g/mol. The smallest absolute Gasteiger partial charge is 0.238 e. The number of hydrazine groups is 1. The van der Waals surface area contributed by atoms with Crippen LogP contribution in [0, 0.1) is 0 Å². The van der Waals surface area contributed by atoms with Crippen molar-refractivity contribution in [3.05, 3.63) is 87.7 Å². The van der Waals surface area contributed by atoms with Crippen molar-refractivity contribution in [3.63, 3.8) is 0 Å². The van der Waals surface area contributed by atoms with Gasteiger partial charge >= 0.3 is 0 Å². The second kappa shape index (κ2) is 7.36. The number of rotatable bonds is 2. The van der Waals surface area contributed by atoms with Gasteiger partial charge in [0, 0.05) is 22.7 Å². The van der Waals surface area contributed by atoms with Gasteiger partial charge < -0.3 is 10.5 Å². The van der Waals surface area contributed by atoms with Crippen LogP contribution in [0.4, 0.5) is 5.69 Å². The van der Waals surface area contributed by atoms with Crippen LogP contribution in [0.5, 0.6) is 0 Å². The first-order valence-corrected chi connectivity index (χ1v) is 10.1. The summed E-state index contributed by atoms with van der Waals surface area (Å²) in [6.45, 7) is 0.443. The van der Waals surface area contributed by atoms with Crippen LogP contribution < -0.4 is 16.6 Å². The first-order valence-electron chi connectivity index (χ1n) is 9.33. The van der Waals surface area contributed by atoms with Crippen molar-refractivity contribution in [2.24, 2.45) is 16.6 Å². The van der Waals surface area contributed by atoms with E-state index in [2.05, 4.69) is 4.98 Å². The molecule has 5 rings (SSSR count). The molecule has 0 fully saturated rings. The summed E-state index contributed by atoms with van der Waals surface area (Å²) in [6.07, 6.45) is 3.69. The van der Waals surface area contributed by atoms with Crippen LogP contribution >= 0.6 is 23.2 Å². The summed E-state index contributed by atoms with van der Waals surface area (Å²) in [5.74, 6) is 6.84. The molecule has 9 heteroatoms. The fraction of sp³-hybridized carbons (Fsp3) is 0.143. The summed E-state index contributed by atoms with van der Waals surface area (Å²) in [4.78, 5) is 9.37. The van der Waals surface area contributed by atoms with Crippen molar-refractivity contribution in [2.75, 3.05) is 11.6 Å². The Bertz CT molecular complexity index is 1180. The van der Waals surface area contributed by atoms with E-state index in [1.165, 1.54) is 6.20 Å². The molecule has 4 N–H and O–H groups in total. The third kappa shape index (κ3) is 3.11. The van der Waals surface area contributed by atoms with Crippen molar-refractivity contribution < 1.29 is 4.74 Å². The highest BCUT2D eigenvalue weighted by molar-refractivity contribution is 6.31. The van der Waals surface area contributed by atoms with Crippen LogP contribution in [0.15, 0.2) is 65.7 Å². The van der Waals surface area contributed by atoms with Gasteiger partial charge in [-0.1, -0.05) is 35.3 Å². The van der Waals surface area contributed by atoms with Gasteiger partial charge in [-0.25, -0.2) is 15.8 Å². The molecule has 0 aliphatic carbocycles. The molecule has 1 atom stereocenters. The highest BCUT2D eigenvalue weighted by Crippen LogP contribution is 2.35. The molecule has 152 valence electrons. The van der Waals surface area contributed by atoms with E-state index in [-0.39, 0.29) is 6.04 Å². The van der Waals surface area contributed by atoms with Gasteiger partial charge in [0.25, 0.3) is 0 Å². The molecule has 0 unspecified atom stereocenters. The minimum Gasteiger partial charge on any atom is -0.474 e. The summed E-state index contributed by atoms with van der Waals surface area (Å²) in [5, 5.41) is 2.82. The van der Waals surface area contributed by atoms with Crippen LogP contribution in [0.2, 0.25) is 10.0 Å². The minimum absolute atomic E-state index is 0.109. The van der Waals surface area contributed by atoms with E-state index in [0.717, 1.165) is 22.6 Å². The highest BCUT2D eigenvalue weighted by atomic mass is 35.5. The van der Waals surface area contributed by atoms with Gasteiger partial charge in [-0.05, 0) is 35.9 Å². The number of benzene rings is 2. The fourth-order valence-corrected chi connectivity index (χ4v) is 4.02. The standard InChI is InChI=1S/C21H18Cl2N6O/c22-13-3-1-12(2-4-13)16-10-30-21(27-16)20-19-8-15(9-24)29(25)18-7-14(23)5-6-17(18)28(19)11-26-20/h1-7,9,11,16H,8,10,24-25H2/b15-9-/t16-/m0/s1. The molecule has 0 spiro atoms. The molecule has 1 aromatic heterocycles. The SMILES string of the molecule is N/C=C1/Cc2c(C3=N[C@H](c4ccc(Cl)cc4)CO3)ncn2-c2ccc(Cl)cc2N1N. The number of ether oxygens (including phenoxy) is 1. The first-order chi connectivity index (χ1) is 14.5. The van der Waals surface area contributed by atoms with E-state index in [0.29, 0.717) is 40.4 Å². The molecule has 3 aromatic rings. The summed E-state index contributed by atoms with van der Waals surface area (Å²) in [5.41, 5.74) is 10.8. The maximum absolute atomic E-state index is 6.34. The predicted octanol–water partition coefficient (Wildman–Crippen LogP) is 3.73. The Morgan fingerprint density at radius 1 is 1.07 bits per heavy atom. The van der Waals surface area contributed by atoms with Gasteiger partial charge in [-0.2, -0.15) is 0 Å². The lowest BCUT2D eigenvalue weighted by Gasteiger charge is -2.21. The van der Waals surface area contributed by atoms with Gasteiger partial charge in [-0.3, -0.25) is 9.58 Å². The molecule has 7 nitrogen and oxygen atoms in total. The van der Waals surface area contributed by atoms with Gasteiger partial charge in [0.05, 0.1) is 22.8 Å². The molecule has 0 radical (unpaired) electrons. The number of fused-ring (bicyclic) bond motifs is 3. The normalized spacial score (nSPS) is 19.2. The lowest BCUT2D eigenvalue weighted by Crippen LogP contribution is -2.31. The topological polar surface area (TPSA) is 94.7 Å². The van der Waals surface area contributed by atoms with Crippen LogP contribution in [-0.4, -0.2) is 22.1 Å². The van der Waals surface area contributed by atoms with Gasteiger partial charge in [-0.15, -0.1) is 0 Å². The minimum atomic E-state index is -0.109. The largest absolute Gasteiger partial charge is 0.474 e. The summed E-state index contributed by atoms with van der Waals surface area (Å²) in [6, 6.07) is 13.0. The number of allylic oxidation sites excluding steroid dienone is 1. The number of hydrogen-bond donors (Lipinski definition) is 2. The van der Waals surface area contributed by atoms with Crippen LogP contribution in [0.3, 0.4) is 0 Å². The van der Waals surface area contributed by atoms with Crippen molar-refractivity contribution >= 4 is 34.8 Å². The van der Waals surface area contributed by atoms with Crippen molar-refractivity contribution in [2.45, 2.75) is 12.5 Å². The maximum Gasteiger partial charge on any atom is 0.238 e. The predicted molar refractivity (Wildman–Crippen MR) is 118 cm³/mol. The molecular formula is C21H18Cl2N6O. The summed E-state index contributed by atoms with van der Waals surface area (Å²) in [7, 11) is 0. The Kier molecular flexibility index (Phi) is 4.66. The third-order valence-corrected chi connectivity index (χ3v) is 5.77. The highest BCUT2D eigenvalue weighted by Gasteiger charge is 2.30. The molecule has 0 bridgehead atoms. The zero-order valence-electron chi connectivity index (χ0n) is 15.8. The van der Waals surface area contributed by atoms with Gasteiger partial charge in [0.2, 0.25) is 5.90 Å². The zero-order chi connectivity index (χ0) is 20.8. The number of nitrogens with two attached hydrogens (primary N) is 2. The second-order valence-corrected chi connectivity index (χ2v) is 7.93. The van der Waals surface area contributed by atoms with Crippen molar-refractivity contribution in [1.29, 1.82) is 0 Å². The van der Waals surface area contributed by atoms with E-state index in [1.807, 2.05) is 41.0 Å². The van der Waals surface area contributed by atoms with Gasteiger partial charge in [0.1, 0.15) is 24.7 Å². The van der Waals surface area contributed by atoms with E-state index in [9.17, 15) is 0 Å². The molecule has 30 heavy (non-hydrogen) atoms. The number of nitrogens with zero attached hydrogens (tertiary/aromatic N) is 4. The van der Waals surface area contributed by atoms with Crippen LogP contribution in [0.25, 0.3) is 5.69 Å². The number of hydrogen-bond acceptors (Lipinski definition) is 6. The summed E-state index contributed by atoms with van der Waals surface area (Å²) >= 11 is 12.2. The Balaban J connectivity index is 1.59. The van der Waals surface area contributed by atoms with Crippen LogP contribution in [-0.2, 0) is 11.2 Å². The number of aromatic nitrogens is 2. The second-order valence-electron chi connectivity index (χ2n) is 7.06. The fourth-order valence-electron chi connectivity index (χ4n) is 3.73. The number of anilines is 1. The first kappa shape index (κ1) is 19.0. The van der Waals surface area contributed by atoms with E-state index in [4.69, 9.17) is 44.5 Å². The van der Waals surface area contributed by atoms with Crippen molar-refractivity contribution in [1.82, 2.24) is 9.55 Å². The Morgan fingerprint density at radius 3 is 2.60 bits per heavy atom. The molecule has 0 saturated heterocycles. The molecule has 2 aromatic carbocycles. The van der Waals surface area contributed by atoms with Crippen LogP contribution in [0.1, 0.15) is 23.0 Å². The van der Waals surface area contributed by atoms with Gasteiger partial charge in [0.15, 0.2) is 0 Å². The third-order valence-electron chi connectivity index (χ3n) is 5.28. The zero-order valence-corrected chi connectivity index (χ0v) is 17.3. The average molecular weight is 441 g/mol. The van der Waals surface area contributed by atoms with E-state index < -0.39 is 0 Å². The van der Waals surface area contributed by atoms with Crippen molar-refractivity contribution in [3.8, 4) is 5.69 Å². The lowest BCUT2D eigenvalue weighted by molar-refractivity contribution is 0.319. The number of aliphatic imine (C=N–C) groups is 1. The molecule has 2 aliphatic rings. The molecule has 0 amide bonds. The Labute approximate surface area is 183 Å². The Hall–Kier alpha value is -3.00. The average Bonchev–Trinajstić information content (AvgIpc) is 3.37. The molecule has 2 aliphatic heterocycles. The monoisotopic (exact) mass is 440 g/mol. The molecule has 3 heterocycles. The Morgan fingerprint density at radius 2 is 1.83 bits per heavy atom. The molecule has 0 saturated carbocycles. The number of imidazole rings is 1. The lowest BCUT2D eigenvalue weighted by atomic mass is 10.1. The quantitative estimate of drug-likeness (QED) is 0.591. The summed E-state index contributed by atoms with van der Waals surface area (Å²) < 4.78 is 7.90. The van der Waals surface area contributed by atoms with E-state index in [1.54, 1.807) is 17.4 Å². The maximum atomic E-state index is 6.34.